The normalized spacial score (nSPS) is 18.4. The van der Waals surface area contributed by atoms with Gasteiger partial charge in [-0.3, -0.25) is 24.5 Å². The Hall–Kier alpha value is -5.74. The number of fused-ring (bicyclic) bond motifs is 1. The van der Waals surface area contributed by atoms with Gasteiger partial charge in [0.2, 0.25) is 17.7 Å². The molecule has 0 aromatic carbocycles. The first-order chi connectivity index (χ1) is 26.9. The van der Waals surface area contributed by atoms with Crippen molar-refractivity contribution >= 4 is 46.6 Å². The number of rotatable bonds is 11. The molecule has 0 aliphatic carbocycles. The predicted octanol–water partition coefficient (Wildman–Crippen LogP) is 5.47. The van der Waals surface area contributed by atoms with Crippen LogP contribution in [0, 0.1) is 11.7 Å². The van der Waals surface area contributed by atoms with Gasteiger partial charge >= 0.3 is 0 Å². The summed E-state index contributed by atoms with van der Waals surface area (Å²) >= 11 is 0. The molecule has 4 amide bonds. The van der Waals surface area contributed by atoms with Crippen LogP contribution in [0.4, 0.5) is 30.5 Å². The van der Waals surface area contributed by atoms with E-state index in [2.05, 4.69) is 25.9 Å². The van der Waals surface area contributed by atoms with Gasteiger partial charge in [0, 0.05) is 69.5 Å². The Labute approximate surface area is 321 Å². The van der Waals surface area contributed by atoms with Gasteiger partial charge in [-0.2, -0.15) is 0 Å². The molecule has 3 N–H and O–H groups in total. The molecule has 3 aliphatic rings. The number of carbonyl (C=O) groups is 4. The van der Waals surface area contributed by atoms with Gasteiger partial charge in [-0.25, -0.2) is 28.1 Å². The van der Waals surface area contributed by atoms with Crippen molar-refractivity contribution in [2.75, 3.05) is 41.7 Å². The van der Waals surface area contributed by atoms with Crippen molar-refractivity contribution in [1.82, 2.24) is 29.6 Å². The number of hydrogen-bond donors (Lipinski definition) is 3. The molecule has 7 rings (SSSR count). The maximum atomic E-state index is 15.1. The van der Waals surface area contributed by atoms with Crippen molar-refractivity contribution in [2.45, 2.75) is 83.3 Å². The quantitative estimate of drug-likeness (QED) is 0.167. The zero-order valence-corrected chi connectivity index (χ0v) is 31.1. The highest BCUT2D eigenvalue weighted by Crippen LogP contribution is 2.32. The number of nitrogens with one attached hydrogen (secondary N) is 3. The smallest absolute Gasteiger partial charge is 0.280 e. The highest BCUT2D eigenvalue weighted by atomic mass is 19.3. The minimum atomic E-state index is -2.77. The number of pyridine rings is 3. The van der Waals surface area contributed by atoms with Crippen LogP contribution in [0.15, 0.2) is 48.9 Å². The number of alkyl halides is 2. The highest BCUT2D eigenvalue weighted by Gasteiger charge is 2.31. The molecule has 3 aliphatic heterocycles. The van der Waals surface area contributed by atoms with Crippen molar-refractivity contribution in [3.05, 3.63) is 71.7 Å². The fraction of sp³-hybridized carbons (Fsp3) is 0.462. The zero-order valence-electron chi connectivity index (χ0n) is 31.1. The van der Waals surface area contributed by atoms with Crippen LogP contribution in [0.1, 0.15) is 92.9 Å². The first kappa shape index (κ1) is 38.5. The van der Waals surface area contributed by atoms with Crippen molar-refractivity contribution in [3.63, 3.8) is 0 Å². The summed E-state index contributed by atoms with van der Waals surface area (Å²) in [7, 11) is 0. The van der Waals surface area contributed by atoms with Crippen LogP contribution in [0.2, 0.25) is 0 Å². The third-order valence-corrected chi connectivity index (χ3v) is 10.5. The topological polar surface area (TPSA) is 163 Å². The Morgan fingerprint density at radius 1 is 1.00 bits per heavy atom. The molecule has 0 spiro atoms. The number of amides is 4. The van der Waals surface area contributed by atoms with Gasteiger partial charge in [-0.05, 0) is 64.0 Å². The van der Waals surface area contributed by atoms with Crippen LogP contribution in [-0.4, -0.2) is 86.2 Å². The van der Waals surface area contributed by atoms with Gasteiger partial charge in [-0.15, -0.1) is 0 Å². The van der Waals surface area contributed by atoms with E-state index in [9.17, 15) is 28.0 Å². The van der Waals surface area contributed by atoms with Gasteiger partial charge in [-0.1, -0.05) is 6.07 Å². The maximum absolute atomic E-state index is 15.1. The van der Waals surface area contributed by atoms with E-state index in [4.69, 9.17) is 9.72 Å². The summed E-state index contributed by atoms with van der Waals surface area (Å²) in [6.07, 6.45) is 5.81. The van der Waals surface area contributed by atoms with E-state index in [1.54, 1.807) is 16.7 Å². The van der Waals surface area contributed by atoms with Crippen molar-refractivity contribution in [3.8, 4) is 5.75 Å². The second-order valence-electron chi connectivity index (χ2n) is 14.8. The second kappa shape index (κ2) is 16.5. The van der Waals surface area contributed by atoms with Crippen LogP contribution >= 0.6 is 0 Å². The molecule has 4 aromatic heterocycles. The van der Waals surface area contributed by atoms with Crippen LogP contribution in [0.25, 0.3) is 5.65 Å². The lowest BCUT2D eigenvalue weighted by molar-refractivity contribution is -0.134. The number of anilines is 3. The summed E-state index contributed by atoms with van der Waals surface area (Å²) < 4.78 is 49.2. The monoisotopic (exact) mass is 775 g/mol. The Kier molecular flexibility index (Phi) is 11.4. The molecule has 0 bridgehead atoms. The minimum absolute atomic E-state index is 0.000577. The number of halogens is 3. The summed E-state index contributed by atoms with van der Waals surface area (Å²) in [6.45, 7) is 5.97. The average Bonchev–Trinajstić information content (AvgIpc) is 3.59. The third-order valence-electron chi connectivity index (χ3n) is 10.5. The van der Waals surface area contributed by atoms with E-state index in [1.165, 1.54) is 30.5 Å². The number of likely N-dealkylation sites (tertiary alicyclic amines) is 1. The lowest BCUT2D eigenvalue weighted by Crippen LogP contribution is -2.47. The van der Waals surface area contributed by atoms with Crippen molar-refractivity contribution in [2.24, 2.45) is 5.92 Å². The Morgan fingerprint density at radius 3 is 2.46 bits per heavy atom. The van der Waals surface area contributed by atoms with E-state index in [0.717, 1.165) is 31.4 Å². The number of imidazole rings is 1. The molecule has 1 unspecified atom stereocenters. The molecule has 14 nitrogen and oxygen atoms in total. The Balaban J connectivity index is 0.914. The fourth-order valence-corrected chi connectivity index (χ4v) is 7.50. The highest BCUT2D eigenvalue weighted by molar-refractivity contribution is 6.06. The lowest BCUT2D eigenvalue weighted by Gasteiger charge is -2.35. The zero-order chi connectivity index (χ0) is 39.5. The maximum Gasteiger partial charge on any atom is 0.280 e. The second-order valence-corrected chi connectivity index (χ2v) is 14.8. The van der Waals surface area contributed by atoms with Gasteiger partial charge in [0.1, 0.15) is 29.0 Å². The van der Waals surface area contributed by atoms with E-state index in [-0.39, 0.29) is 53.4 Å². The van der Waals surface area contributed by atoms with Crippen LogP contribution in [0.5, 0.6) is 5.75 Å². The molecule has 56 heavy (non-hydrogen) atoms. The molecule has 0 radical (unpaired) electrons. The predicted molar refractivity (Wildman–Crippen MR) is 200 cm³/mol. The fourth-order valence-electron chi connectivity index (χ4n) is 7.50. The Morgan fingerprint density at radius 2 is 1.77 bits per heavy atom. The molecule has 3 saturated heterocycles. The van der Waals surface area contributed by atoms with Crippen LogP contribution < -0.4 is 25.6 Å². The molecule has 3 fully saturated rings. The third kappa shape index (κ3) is 8.87. The molecule has 17 heteroatoms. The summed E-state index contributed by atoms with van der Waals surface area (Å²) in [5.74, 6) is -0.922. The average molecular weight is 776 g/mol. The number of aromatic nitrogens is 4. The van der Waals surface area contributed by atoms with Gasteiger partial charge in [0.25, 0.3) is 12.3 Å². The number of imide groups is 1. The van der Waals surface area contributed by atoms with Gasteiger partial charge in [0.15, 0.2) is 11.6 Å². The van der Waals surface area contributed by atoms with Gasteiger partial charge < -0.3 is 29.6 Å². The first-order valence-electron chi connectivity index (χ1n) is 18.9. The number of ether oxygens (including phenoxy) is 1. The summed E-state index contributed by atoms with van der Waals surface area (Å²) in [5.41, 5.74) is 1.55. The molecular formula is C39H44F3N9O5. The molecular weight excluding hydrogens is 731 g/mol. The number of piperidine rings is 3. The molecule has 7 heterocycles. The van der Waals surface area contributed by atoms with Crippen LogP contribution in [-0.2, 0) is 14.4 Å². The summed E-state index contributed by atoms with van der Waals surface area (Å²) in [5, 5.41) is 7.83. The number of hydrogen-bond acceptors (Lipinski definition) is 10. The largest absolute Gasteiger partial charge is 0.490 e. The Bertz CT molecular complexity index is 2110. The van der Waals surface area contributed by atoms with Crippen molar-refractivity contribution in [1.29, 1.82) is 0 Å². The van der Waals surface area contributed by atoms with E-state index >= 15 is 4.39 Å². The SMILES string of the molecule is CC(C)Oc1cc2nc(C3CCN(C(=O)CC4CCN(c5ncc(NC6CCC(=O)NC6=O)cc5F)CC4)CC3)cn2cc1C(=O)Nc1cccc(C(F)F)n1. The van der Waals surface area contributed by atoms with E-state index < -0.39 is 35.8 Å². The standard InChI is InChI=1S/C39H44F3N9O5/c1-22(2)56-31-18-33-46-30(21-51(33)20-26(31)38(54)47-32-5-3-4-28(45-32)36(41)42)24-10-14-49(15-11-24)35(53)16-23-8-12-50(13-9-23)37-27(40)17-25(19-43-37)44-29-6-7-34(52)48-39(29)55/h3-5,17-24,29,36,44H,6-16H2,1-2H3,(H,45,47,54)(H,48,52,55). The van der Waals surface area contributed by atoms with Crippen molar-refractivity contribution < 1.29 is 37.1 Å². The first-order valence-corrected chi connectivity index (χ1v) is 18.9. The van der Waals surface area contributed by atoms with Crippen LogP contribution in [0.3, 0.4) is 0 Å². The minimum Gasteiger partial charge on any atom is -0.490 e. The number of nitrogens with zero attached hydrogens (tertiary/aromatic N) is 6. The van der Waals surface area contributed by atoms with E-state index in [0.29, 0.717) is 56.1 Å². The molecule has 4 aromatic rings. The summed E-state index contributed by atoms with van der Waals surface area (Å²) in [4.78, 5) is 67.0. The summed E-state index contributed by atoms with van der Waals surface area (Å²) in [6, 6.07) is 6.40. The molecule has 0 saturated carbocycles. The van der Waals surface area contributed by atoms with E-state index in [1.807, 2.05) is 29.8 Å². The molecule has 296 valence electrons. The lowest BCUT2D eigenvalue weighted by atomic mass is 9.91. The molecule has 1 atom stereocenters. The van der Waals surface area contributed by atoms with Gasteiger partial charge in [0.05, 0.1) is 29.2 Å². The number of carbonyl (C=O) groups excluding carboxylic acids is 4.